The molecule has 0 saturated carbocycles. The van der Waals surface area contributed by atoms with Crippen LogP contribution in [0.1, 0.15) is 19.4 Å². The van der Waals surface area contributed by atoms with Gasteiger partial charge in [0.05, 0.1) is 7.05 Å². The van der Waals surface area contributed by atoms with Gasteiger partial charge in [0, 0.05) is 5.56 Å². The summed E-state index contributed by atoms with van der Waals surface area (Å²) < 4.78 is 5.27. The van der Waals surface area contributed by atoms with E-state index >= 15 is 0 Å². The van der Waals surface area contributed by atoms with E-state index < -0.39 is 0 Å². The molecule has 114 valence electrons. The molecule has 1 N–H and O–H groups in total. The standard InChI is InChI=1S/C15H22BrNO2.ClH/c1-12(2)14(16)15(18)19-10-9-17(3)11-13-7-5-4-6-8-13;/h4-8,12,14H,9-11H2,1-3H3;1H. The van der Waals surface area contributed by atoms with Crippen molar-refractivity contribution in [1.82, 2.24) is 0 Å². The van der Waals surface area contributed by atoms with Gasteiger partial charge < -0.3 is 22.0 Å². The van der Waals surface area contributed by atoms with Crippen molar-refractivity contribution in [2.75, 3.05) is 20.2 Å². The molecule has 0 aliphatic heterocycles. The number of quaternary nitrogens is 1. The fraction of sp³-hybridized carbons (Fsp3) is 0.533. The number of nitrogens with one attached hydrogen (secondary N) is 1. The first-order valence-corrected chi connectivity index (χ1v) is 7.58. The van der Waals surface area contributed by atoms with Gasteiger partial charge in [-0.25, -0.2) is 0 Å². The van der Waals surface area contributed by atoms with Crippen molar-refractivity contribution >= 4 is 21.9 Å². The van der Waals surface area contributed by atoms with Crippen LogP contribution in [0.3, 0.4) is 0 Å². The van der Waals surface area contributed by atoms with Crippen LogP contribution >= 0.6 is 15.9 Å². The number of likely N-dealkylation sites (N-methyl/N-ethyl adjacent to an activating group) is 1. The van der Waals surface area contributed by atoms with Crippen LogP contribution in [0.2, 0.25) is 0 Å². The molecule has 5 heteroatoms. The highest BCUT2D eigenvalue weighted by molar-refractivity contribution is 9.10. The van der Waals surface area contributed by atoms with Gasteiger partial charge in [-0.15, -0.1) is 0 Å². The number of halogens is 2. The smallest absolute Gasteiger partial charge is 0.320 e. The molecule has 1 aromatic rings. The van der Waals surface area contributed by atoms with Gasteiger partial charge in [-0.3, -0.25) is 4.79 Å². The van der Waals surface area contributed by atoms with Crippen molar-refractivity contribution in [3.63, 3.8) is 0 Å². The molecule has 3 nitrogen and oxygen atoms in total. The van der Waals surface area contributed by atoms with Crippen LogP contribution in [-0.4, -0.2) is 31.0 Å². The summed E-state index contributed by atoms with van der Waals surface area (Å²) in [6, 6.07) is 10.3. The molecule has 0 aliphatic carbocycles. The molecule has 0 aliphatic rings. The summed E-state index contributed by atoms with van der Waals surface area (Å²) in [7, 11) is 2.11. The van der Waals surface area contributed by atoms with E-state index in [4.69, 9.17) is 4.74 Å². The molecule has 0 bridgehead atoms. The first kappa shape index (κ1) is 19.4. The summed E-state index contributed by atoms with van der Waals surface area (Å²) >= 11 is 3.35. The van der Waals surface area contributed by atoms with E-state index in [9.17, 15) is 4.79 Å². The minimum Gasteiger partial charge on any atom is -1.00 e. The second-order valence-electron chi connectivity index (χ2n) is 5.18. The minimum atomic E-state index is -0.207. The first-order valence-electron chi connectivity index (χ1n) is 6.66. The Kier molecular flexibility index (Phi) is 9.90. The number of alkyl halides is 1. The molecule has 2 unspecified atom stereocenters. The highest BCUT2D eigenvalue weighted by Crippen LogP contribution is 2.13. The molecule has 0 saturated heterocycles. The Hall–Kier alpha value is -0.580. The van der Waals surface area contributed by atoms with Crippen molar-refractivity contribution in [2.45, 2.75) is 25.2 Å². The number of carbonyl (C=O) groups excluding carboxylic acids is 1. The molecular formula is C15H23BrClNO2. The Labute approximate surface area is 136 Å². The number of hydrogen-bond donors (Lipinski definition) is 1. The van der Waals surface area contributed by atoms with Crippen molar-refractivity contribution in [2.24, 2.45) is 5.92 Å². The van der Waals surface area contributed by atoms with Crippen LogP contribution in [0.5, 0.6) is 0 Å². The third-order valence-electron chi connectivity index (χ3n) is 2.93. The van der Waals surface area contributed by atoms with Gasteiger partial charge >= 0.3 is 5.97 Å². The van der Waals surface area contributed by atoms with Crippen LogP contribution < -0.4 is 17.3 Å². The highest BCUT2D eigenvalue weighted by Gasteiger charge is 2.20. The summed E-state index contributed by atoms with van der Waals surface area (Å²) in [6.07, 6.45) is 0. The van der Waals surface area contributed by atoms with Gasteiger partial charge in [0.2, 0.25) is 0 Å². The lowest BCUT2D eigenvalue weighted by Gasteiger charge is -2.16. The van der Waals surface area contributed by atoms with E-state index in [1.807, 2.05) is 32.0 Å². The lowest BCUT2D eigenvalue weighted by molar-refractivity contribution is -0.893. The van der Waals surface area contributed by atoms with Crippen molar-refractivity contribution < 1.29 is 26.8 Å². The molecule has 0 aromatic heterocycles. The number of carbonyl (C=O) groups is 1. The maximum atomic E-state index is 11.6. The number of esters is 1. The van der Waals surface area contributed by atoms with E-state index in [0.29, 0.717) is 6.61 Å². The van der Waals surface area contributed by atoms with E-state index in [1.54, 1.807) is 0 Å². The maximum Gasteiger partial charge on any atom is 0.320 e. The van der Waals surface area contributed by atoms with Crippen LogP contribution in [0.25, 0.3) is 0 Å². The Balaban J connectivity index is 0.00000361. The monoisotopic (exact) mass is 363 g/mol. The zero-order valence-corrected chi connectivity index (χ0v) is 14.6. The number of benzene rings is 1. The van der Waals surface area contributed by atoms with Crippen molar-refractivity contribution in [3.8, 4) is 0 Å². The summed E-state index contributed by atoms with van der Waals surface area (Å²) in [4.78, 5) is 12.8. The van der Waals surface area contributed by atoms with Gasteiger partial charge in [0.25, 0.3) is 0 Å². The van der Waals surface area contributed by atoms with E-state index in [-0.39, 0.29) is 29.1 Å². The lowest BCUT2D eigenvalue weighted by Crippen LogP contribution is -3.08. The van der Waals surface area contributed by atoms with E-state index in [2.05, 4.69) is 35.1 Å². The predicted octanol–water partition coefficient (Wildman–Crippen LogP) is -1.33. The zero-order chi connectivity index (χ0) is 14.3. The summed E-state index contributed by atoms with van der Waals surface area (Å²) in [5.41, 5.74) is 1.30. The molecule has 1 rings (SSSR count). The summed E-state index contributed by atoms with van der Waals surface area (Å²) in [5, 5.41) is 0. The first-order chi connectivity index (χ1) is 9.00. The summed E-state index contributed by atoms with van der Waals surface area (Å²) in [5.74, 6) is 0.0874. The lowest BCUT2D eigenvalue weighted by atomic mass is 10.1. The second kappa shape index (κ2) is 10.2. The number of ether oxygens (including phenoxy) is 1. The average Bonchev–Trinajstić information content (AvgIpc) is 2.38. The van der Waals surface area contributed by atoms with Gasteiger partial charge in [0.1, 0.15) is 24.5 Å². The van der Waals surface area contributed by atoms with Crippen LogP contribution in [-0.2, 0) is 16.1 Å². The molecule has 0 amide bonds. The molecule has 2 atom stereocenters. The maximum absolute atomic E-state index is 11.6. The molecule has 0 fully saturated rings. The largest absolute Gasteiger partial charge is 1.00 e. The number of rotatable bonds is 7. The average molecular weight is 365 g/mol. The van der Waals surface area contributed by atoms with E-state index in [0.717, 1.165) is 13.1 Å². The predicted molar refractivity (Wildman–Crippen MR) is 80.4 cm³/mol. The van der Waals surface area contributed by atoms with Crippen molar-refractivity contribution in [3.05, 3.63) is 35.9 Å². The quantitative estimate of drug-likeness (QED) is 0.480. The normalized spacial score (nSPS) is 13.4. The number of hydrogen-bond acceptors (Lipinski definition) is 2. The molecule has 1 aromatic carbocycles. The third kappa shape index (κ3) is 7.27. The van der Waals surface area contributed by atoms with Gasteiger partial charge in [-0.2, -0.15) is 0 Å². The van der Waals surface area contributed by atoms with Crippen LogP contribution in [0.15, 0.2) is 30.3 Å². The van der Waals surface area contributed by atoms with Gasteiger partial charge in [-0.1, -0.05) is 60.1 Å². The Morgan fingerprint density at radius 3 is 2.45 bits per heavy atom. The Bertz CT molecular complexity index is 387. The zero-order valence-electron chi connectivity index (χ0n) is 12.2. The second-order valence-corrected chi connectivity index (χ2v) is 6.17. The van der Waals surface area contributed by atoms with Crippen LogP contribution in [0, 0.1) is 5.92 Å². The Morgan fingerprint density at radius 1 is 1.30 bits per heavy atom. The third-order valence-corrected chi connectivity index (χ3v) is 4.36. The molecular weight excluding hydrogens is 342 g/mol. The fourth-order valence-electron chi connectivity index (χ4n) is 1.71. The van der Waals surface area contributed by atoms with Gasteiger partial charge in [-0.05, 0) is 5.92 Å². The Morgan fingerprint density at radius 2 is 1.90 bits per heavy atom. The van der Waals surface area contributed by atoms with Gasteiger partial charge in [0.15, 0.2) is 0 Å². The fourth-order valence-corrected chi connectivity index (χ4v) is 1.84. The summed E-state index contributed by atoms with van der Waals surface area (Å²) in [6.45, 7) is 6.21. The molecule has 20 heavy (non-hydrogen) atoms. The molecule has 0 spiro atoms. The molecule has 0 heterocycles. The minimum absolute atomic E-state index is 0. The highest BCUT2D eigenvalue weighted by atomic mass is 79.9. The van der Waals surface area contributed by atoms with E-state index in [1.165, 1.54) is 10.5 Å². The van der Waals surface area contributed by atoms with Crippen molar-refractivity contribution in [1.29, 1.82) is 0 Å². The SMILES string of the molecule is CC(C)C(Br)C(=O)OCC[NH+](C)Cc1ccccc1.[Cl-]. The van der Waals surface area contributed by atoms with Crippen LogP contribution in [0.4, 0.5) is 0 Å². The molecule has 0 radical (unpaired) electrons. The topological polar surface area (TPSA) is 30.7 Å².